The van der Waals surface area contributed by atoms with E-state index in [1.54, 1.807) is 13.8 Å². The lowest BCUT2D eigenvalue weighted by Gasteiger charge is -2.29. The van der Waals surface area contributed by atoms with Crippen LogP contribution in [-0.4, -0.2) is 29.7 Å². The number of rotatable bonds is 5. The number of hydrogen-bond acceptors (Lipinski definition) is 2. The standard InChI is InChI=1S/C16H20BrF3N2O/c1-15(2)10-22(21-14(15)23)13(16(18,19)20)8-4-6-11-5-3-7-12(17)9-11/h3,5,7,9,13H,4,6,8,10H2,1-2H3,(H,21,23)/t13-/m0/s1. The predicted molar refractivity (Wildman–Crippen MR) is 85.6 cm³/mol. The molecule has 1 atom stereocenters. The van der Waals surface area contributed by atoms with E-state index in [0.717, 1.165) is 15.0 Å². The summed E-state index contributed by atoms with van der Waals surface area (Å²) in [5.74, 6) is -0.362. The first-order valence-electron chi connectivity index (χ1n) is 7.48. The largest absolute Gasteiger partial charge is 0.405 e. The van der Waals surface area contributed by atoms with E-state index in [9.17, 15) is 18.0 Å². The molecule has 0 unspecified atom stereocenters. The third-order valence-electron chi connectivity index (χ3n) is 4.01. The molecule has 2 rings (SSSR count). The molecule has 23 heavy (non-hydrogen) atoms. The van der Waals surface area contributed by atoms with Gasteiger partial charge in [-0.3, -0.25) is 10.2 Å². The number of carbonyl (C=O) groups excluding carboxylic acids is 1. The van der Waals surface area contributed by atoms with Crippen LogP contribution in [0.5, 0.6) is 0 Å². The van der Waals surface area contributed by atoms with Crippen molar-refractivity contribution in [2.45, 2.75) is 45.3 Å². The predicted octanol–water partition coefficient (Wildman–Crippen LogP) is 4.08. The van der Waals surface area contributed by atoms with E-state index >= 15 is 0 Å². The van der Waals surface area contributed by atoms with E-state index < -0.39 is 17.6 Å². The Labute approximate surface area is 142 Å². The van der Waals surface area contributed by atoms with Crippen molar-refractivity contribution in [3.8, 4) is 0 Å². The number of aryl methyl sites for hydroxylation is 1. The molecule has 1 aromatic carbocycles. The van der Waals surface area contributed by atoms with Gasteiger partial charge >= 0.3 is 6.18 Å². The van der Waals surface area contributed by atoms with Gasteiger partial charge in [-0.25, -0.2) is 5.01 Å². The summed E-state index contributed by atoms with van der Waals surface area (Å²) in [6, 6.07) is 5.89. The van der Waals surface area contributed by atoms with E-state index in [4.69, 9.17) is 0 Å². The van der Waals surface area contributed by atoms with Crippen molar-refractivity contribution in [2.24, 2.45) is 5.41 Å². The maximum atomic E-state index is 13.3. The quantitative estimate of drug-likeness (QED) is 0.818. The second-order valence-corrected chi connectivity index (χ2v) is 7.45. The fourth-order valence-electron chi connectivity index (χ4n) is 2.70. The lowest BCUT2D eigenvalue weighted by Crippen LogP contribution is -2.50. The smallest absolute Gasteiger partial charge is 0.288 e. The zero-order chi connectivity index (χ0) is 17.3. The molecule has 1 aliphatic heterocycles. The number of nitrogens with zero attached hydrogens (tertiary/aromatic N) is 1. The van der Waals surface area contributed by atoms with E-state index in [1.807, 2.05) is 24.3 Å². The zero-order valence-corrected chi connectivity index (χ0v) is 14.7. The molecule has 0 saturated carbocycles. The molecule has 1 N–H and O–H groups in total. The number of halogens is 4. The first-order chi connectivity index (χ1) is 10.6. The summed E-state index contributed by atoms with van der Waals surface area (Å²) in [5, 5.41) is 1.04. The molecular weight excluding hydrogens is 373 g/mol. The highest BCUT2D eigenvalue weighted by molar-refractivity contribution is 9.10. The zero-order valence-electron chi connectivity index (χ0n) is 13.1. The average molecular weight is 393 g/mol. The van der Waals surface area contributed by atoms with E-state index in [-0.39, 0.29) is 18.9 Å². The normalized spacial score (nSPS) is 19.7. The van der Waals surface area contributed by atoms with Gasteiger partial charge in [0.2, 0.25) is 5.91 Å². The average Bonchev–Trinajstić information content (AvgIpc) is 2.67. The SMILES string of the molecule is CC1(C)CN([C@@H](CCCc2cccc(Br)c2)C(F)(F)F)NC1=O. The Morgan fingerprint density at radius 2 is 2.09 bits per heavy atom. The molecule has 1 fully saturated rings. The fraction of sp³-hybridized carbons (Fsp3) is 0.562. The van der Waals surface area contributed by atoms with Crippen molar-refractivity contribution < 1.29 is 18.0 Å². The van der Waals surface area contributed by atoms with Gasteiger partial charge < -0.3 is 0 Å². The van der Waals surface area contributed by atoms with Gasteiger partial charge in [0.25, 0.3) is 0 Å². The first kappa shape index (κ1) is 18.3. The number of alkyl halides is 3. The van der Waals surface area contributed by atoms with Crippen LogP contribution in [0, 0.1) is 5.41 Å². The van der Waals surface area contributed by atoms with Crippen LogP contribution in [0.2, 0.25) is 0 Å². The summed E-state index contributed by atoms with van der Waals surface area (Å²) in [7, 11) is 0. The molecule has 1 saturated heterocycles. The Morgan fingerprint density at radius 3 is 2.61 bits per heavy atom. The Morgan fingerprint density at radius 1 is 1.39 bits per heavy atom. The van der Waals surface area contributed by atoms with Gasteiger partial charge in [0.15, 0.2) is 0 Å². The second-order valence-electron chi connectivity index (χ2n) is 6.53. The highest BCUT2D eigenvalue weighted by Gasteiger charge is 2.49. The second kappa shape index (κ2) is 6.81. The van der Waals surface area contributed by atoms with Crippen LogP contribution >= 0.6 is 15.9 Å². The van der Waals surface area contributed by atoms with Crippen LogP contribution in [0.3, 0.4) is 0 Å². The van der Waals surface area contributed by atoms with Gasteiger partial charge in [0.1, 0.15) is 6.04 Å². The van der Waals surface area contributed by atoms with Crippen LogP contribution in [0.4, 0.5) is 13.2 Å². The van der Waals surface area contributed by atoms with Gasteiger partial charge in [-0.05, 0) is 50.8 Å². The first-order valence-corrected chi connectivity index (χ1v) is 8.28. The Hall–Kier alpha value is -1.08. The summed E-state index contributed by atoms with van der Waals surface area (Å²) in [6.07, 6.45) is -3.46. The third kappa shape index (κ3) is 4.70. The molecule has 0 aromatic heterocycles. The number of benzene rings is 1. The molecular formula is C16H20BrF3N2O. The number of nitrogens with one attached hydrogen (secondary N) is 1. The monoisotopic (exact) mass is 392 g/mol. The molecule has 128 valence electrons. The van der Waals surface area contributed by atoms with Crippen molar-refractivity contribution in [3.63, 3.8) is 0 Å². The summed E-state index contributed by atoms with van der Waals surface area (Å²) >= 11 is 3.35. The highest BCUT2D eigenvalue weighted by Crippen LogP contribution is 2.33. The van der Waals surface area contributed by atoms with Crippen LogP contribution < -0.4 is 5.43 Å². The molecule has 1 amide bonds. The van der Waals surface area contributed by atoms with Crippen LogP contribution in [-0.2, 0) is 11.2 Å². The lowest BCUT2D eigenvalue weighted by atomic mass is 9.94. The molecule has 0 radical (unpaired) electrons. The van der Waals surface area contributed by atoms with Crippen LogP contribution in [0.1, 0.15) is 32.3 Å². The van der Waals surface area contributed by atoms with Crippen molar-refractivity contribution in [1.29, 1.82) is 0 Å². The minimum atomic E-state index is -4.37. The molecule has 7 heteroatoms. The maximum Gasteiger partial charge on any atom is 0.405 e. The van der Waals surface area contributed by atoms with Crippen molar-refractivity contribution in [3.05, 3.63) is 34.3 Å². The summed E-state index contributed by atoms with van der Waals surface area (Å²) < 4.78 is 40.9. The van der Waals surface area contributed by atoms with E-state index in [1.165, 1.54) is 0 Å². The Balaban J connectivity index is 1.99. The highest BCUT2D eigenvalue weighted by atomic mass is 79.9. The summed E-state index contributed by atoms with van der Waals surface area (Å²) in [4.78, 5) is 11.7. The molecule has 1 aromatic rings. The molecule has 0 aliphatic carbocycles. The van der Waals surface area contributed by atoms with Crippen molar-refractivity contribution in [2.75, 3.05) is 6.54 Å². The van der Waals surface area contributed by atoms with Gasteiger partial charge in [0.05, 0.1) is 5.41 Å². The third-order valence-corrected chi connectivity index (χ3v) is 4.50. The van der Waals surface area contributed by atoms with Crippen LogP contribution in [0.25, 0.3) is 0 Å². The summed E-state index contributed by atoms with van der Waals surface area (Å²) in [6.45, 7) is 3.36. The number of hydrazine groups is 1. The Kier molecular flexibility index (Phi) is 5.41. The number of hydrogen-bond donors (Lipinski definition) is 1. The van der Waals surface area contributed by atoms with Gasteiger partial charge in [-0.1, -0.05) is 28.1 Å². The van der Waals surface area contributed by atoms with Gasteiger partial charge in [-0.2, -0.15) is 13.2 Å². The minimum absolute atomic E-state index is 0.0492. The van der Waals surface area contributed by atoms with Crippen molar-refractivity contribution >= 4 is 21.8 Å². The molecule has 1 heterocycles. The lowest BCUT2D eigenvalue weighted by molar-refractivity contribution is -0.190. The van der Waals surface area contributed by atoms with E-state index in [0.29, 0.717) is 12.8 Å². The number of carbonyl (C=O) groups is 1. The molecule has 0 spiro atoms. The Bertz CT molecular complexity index is 575. The maximum absolute atomic E-state index is 13.3. The fourth-order valence-corrected chi connectivity index (χ4v) is 3.14. The summed E-state index contributed by atoms with van der Waals surface area (Å²) in [5.41, 5.74) is 2.57. The minimum Gasteiger partial charge on any atom is -0.288 e. The molecule has 1 aliphatic rings. The molecule has 3 nitrogen and oxygen atoms in total. The van der Waals surface area contributed by atoms with Gasteiger partial charge in [0, 0.05) is 11.0 Å². The van der Waals surface area contributed by atoms with Crippen molar-refractivity contribution in [1.82, 2.24) is 10.4 Å². The molecule has 0 bridgehead atoms. The number of amides is 1. The van der Waals surface area contributed by atoms with Crippen LogP contribution in [0.15, 0.2) is 28.7 Å². The van der Waals surface area contributed by atoms with E-state index in [2.05, 4.69) is 21.4 Å². The topological polar surface area (TPSA) is 32.3 Å². The van der Waals surface area contributed by atoms with Gasteiger partial charge in [-0.15, -0.1) is 0 Å².